The molecule has 7 heteroatoms. The Morgan fingerprint density at radius 1 is 1.09 bits per heavy atom. The van der Waals surface area contributed by atoms with Gasteiger partial charge >= 0.3 is 0 Å². The van der Waals surface area contributed by atoms with E-state index in [4.69, 9.17) is 0 Å². The first-order chi connectivity index (χ1) is 15.4. The summed E-state index contributed by atoms with van der Waals surface area (Å²) in [5.41, 5.74) is 3.72. The molecule has 0 aliphatic carbocycles. The average Bonchev–Trinajstić information content (AvgIpc) is 2.80. The lowest BCUT2D eigenvalue weighted by atomic mass is 9.97. The number of nitrogens with one attached hydrogen (secondary N) is 1. The van der Waals surface area contributed by atoms with Gasteiger partial charge in [0.25, 0.3) is 0 Å². The second-order valence-corrected chi connectivity index (χ2v) is 8.43. The normalized spacial score (nSPS) is 13.1. The van der Waals surface area contributed by atoms with Crippen molar-refractivity contribution in [3.8, 4) is 0 Å². The van der Waals surface area contributed by atoms with Crippen LogP contribution in [0.25, 0.3) is 0 Å². The van der Waals surface area contributed by atoms with Gasteiger partial charge in [0.1, 0.15) is 5.82 Å². The van der Waals surface area contributed by atoms with Crippen LogP contribution < -0.4 is 5.32 Å². The van der Waals surface area contributed by atoms with Gasteiger partial charge < -0.3 is 20.0 Å². The van der Waals surface area contributed by atoms with Crippen molar-refractivity contribution in [2.24, 2.45) is 0 Å². The fourth-order valence-electron chi connectivity index (χ4n) is 3.94. The summed E-state index contributed by atoms with van der Waals surface area (Å²) in [5, 5.41) is 3.30. The molecule has 3 rings (SSSR count). The second kappa shape index (κ2) is 11.1. The Morgan fingerprint density at radius 3 is 2.59 bits per heavy atom. The molecular weight excluding hydrogens is 407 g/mol. The van der Waals surface area contributed by atoms with E-state index in [0.29, 0.717) is 38.2 Å². The van der Waals surface area contributed by atoms with Gasteiger partial charge in [0, 0.05) is 50.4 Å². The molecule has 6 nitrogen and oxygen atoms in total. The van der Waals surface area contributed by atoms with Gasteiger partial charge in [-0.05, 0) is 43.8 Å². The van der Waals surface area contributed by atoms with Crippen LogP contribution >= 0.6 is 0 Å². The summed E-state index contributed by atoms with van der Waals surface area (Å²) >= 11 is 0. The number of likely N-dealkylation sites (N-methyl/N-ethyl adjacent to an activating group) is 1. The molecule has 32 heavy (non-hydrogen) atoms. The molecule has 0 radical (unpaired) electrons. The van der Waals surface area contributed by atoms with Gasteiger partial charge in [-0.25, -0.2) is 4.39 Å². The van der Waals surface area contributed by atoms with Crippen LogP contribution in [0, 0.1) is 5.82 Å². The van der Waals surface area contributed by atoms with E-state index in [1.807, 2.05) is 49.0 Å². The number of anilines is 1. The van der Waals surface area contributed by atoms with Crippen molar-refractivity contribution in [2.45, 2.75) is 32.9 Å². The van der Waals surface area contributed by atoms with E-state index in [1.54, 1.807) is 23.1 Å². The smallest absolute Gasteiger partial charge is 0.242 e. The first kappa shape index (κ1) is 23.7. The highest BCUT2D eigenvalue weighted by atomic mass is 19.1. The molecule has 1 N–H and O–H groups in total. The van der Waals surface area contributed by atoms with Crippen LogP contribution in [0.15, 0.2) is 42.5 Å². The van der Waals surface area contributed by atoms with Crippen LogP contribution in [-0.4, -0.2) is 66.8 Å². The zero-order valence-electron chi connectivity index (χ0n) is 19.2. The molecule has 0 aromatic heterocycles. The van der Waals surface area contributed by atoms with Crippen LogP contribution in [-0.2, 0) is 29.1 Å². The summed E-state index contributed by atoms with van der Waals surface area (Å²) in [4.78, 5) is 30.7. The number of hydrogen-bond acceptors (Lipinski definition) is 4. The SMILES string of the molecule is CCC(=O)N1CCc2c(cccc2NCC(=O)N(CCN(C)C)Cc2ccccc2F)C1. The Balaban J connectivity index is 1.68. The maximum Gasteiger partial charge on any atom is 0.242 e. The molecular formula is C25H33FN4O2. The van der Waals surface area contributed by atoms with Crippen LogP contribution in [0.2, 0.25) is 0 Å². The summed E-state index contributed by atoms with van der Waals surface area (Å²) in [5.74, 6) is -0.216. The third-order valence-electron chi connectivity index (χ3n) is 5.84. The Kier molecular flexibility index (Phi) is 8.22. The maximum absolute atomic E-state index is 14.2. The third-order valence-corrected chi connectivity index (χ3v) is 5.84. The van der Waals surface area contributed by atoms with Gasteiger partial charge in [0.2, 0.25) is 11.8 Å². The molecule has 2 aromatic carbocycles. The summed E-state index contributed by atoms with van der Waals surface area (Å²) in [6.45, 7) is 4.76. The minimum absolute atomic E-state index is 0.0775. The number of amides is 2. The summed E-state index contributed by atoms with van der Waals surface area (Å²) in [7, 11) is 3.90. The molecule has 172 valence electrons. The number of carbonyl (C=O) groups excluding carboxylic acids is 2. The predicted molar refractivity (Wildman–Crippen MR) is 125 cm³/mol. The number of carbonyl (C=O) groups is 2. The highest BCUT2D eigenvalue weighted by molar-refractivity contribution is 5.81. The summed E-state index contributed by atoms with van der Waals surface area (Å²) in [6.07, 6.45) is 1.27. The van der Waals surface area contributed by atoms with E-state index >= 15 is 0 Å². The van der Waals surface area contributed by atoms with Gasteiger partial charge in [-0.1, -0.05) is 37.3 Å². The first-order valence-electron chi connectivity index (χ1n) is 11.2. The van der Waals surface area contributed by atoms with Gasteiger partial charge in [-0.2, -0.15) is 0 Å². The quantitative estimate of drug-likeness (QED) is 0.651. The Bertz CT molecular complexity index is 947. The minimum Gasteiger partial charge on any atom is -0.376 e. The van der Waals surface area contributed by atoms with E-state index in [0.717, 1.165) is 23.2 Å². The van der Waals surface area contributed by atoms with Crippen molar-refractivity contribution in [3.05, 3.63) is 65.0 Å². The van der Waals surface area contributed by atoms with E-state index in [1.165, 1.54) is 6.07 Å². The van der Waals surface area contributed by atoms with Gasteiger partial charge in [-0.3, -0.25) is 9.59 Å². The molecule has 0 spiro atoms. The highest BCUT2D eigenvalue weighted by Crippen LogP contribution is 2.26. The lowest BCUT2D eigenvalue weighted by molar-refractivity contribution is -0.132. The average molecular weight is 441 g/mol. The van der Waals surface area contributed by atoms with Crippen molar-refractivity contribution in [3.63, 3.8) is 0 Å². The standard InChI is InChI=1S/C25H33FN4O2/c1-4-24(31)29-13-12-21-19(17-29)9-7-11-23(21)27-16-25(32)30(15-14-28(2)3)18-20-8-5-6-10-22(20)26/h5-11,27H,4,12-18H2,1-3H3. The molecule has 0 saturated heterocycles. The largest absolute Gasteiger partial charge is 0.376 e. The van der Waals surface area contributed by atoms with E-state index < -0.39 is 0 Å². The topological polar surface area (TPSA) is 55.9 Å². The van der Waals surface area contributed by atoms with Crippen molar-refractivity contribution < 1.29 is 14.0 Å². The molecule has 0 fully saturated rings. The number of benzene rings is 2. The minimum atomic E-state index is -0.300. The van der Waals surface area contributed by atoms with E-state index in [2.05, 4.69) is 5.32 Å². The fraction of sp³-hybridized carbons (Fsp3) is 0.440. The molecule has 0 unspecified atom stereocenters. The van der Waals surface area contributed by atoms with Crippen LogP contribution in [0.3, 0.4) is 0 Å². The fourth-order valence-corrected chi connectivity index (χ4v) is 3.94. The number of hydrogen-bond donors (Lipinski definition) is 1. The lowest BCUT2D eigenvalue weighted by Gasteiger charge is -2.30. The van der Waals surface area contributed by atoms with Crippen molar-refractivity contribution in [1.29, 1.82) is 0 Å². The number of rotatable bonds is 9. The Labute approximate surface area is 190 Å². The molecule has 2 aromatic rings. The molecule has 0 atom stereocenters. The molecule has 0 bridgehead atoms. The molecule has 1 heterocycles. The molecule has 2 amide bonds. The maximum atomic E-state index is 14.2. The highest BCUT2D eigenvalue weighted by Gasteiger charge is 2.22. The zero-order valence-corrected chi connectivity index (χ0v) is 19.2. The van der Waals surface area contributed by atoms with E-state index in [-0.39, 0.29) is 30.7 Å². The molecule has 1 aliphatic rings. The first-order valence-corrected chi connectivity index (χ1v) is 11.2. The third kappa shape index (κ3) is 6.07. The number of halogens is 1. The molecule has 1 aliphatic heterocycles. The summed E-state index contributed by atoms with van der Waals surface area (Å²) in [6, 6.07) is 12.5. The van der Waals surface area contributed by atoms with Crippen molar-refractivity contribution in [1.82, 2.24) is 14.7 Å². The van der Waals surface area contributed by atoms with Crippen LogP contribution in [0.5, 0.6) is 0 Å². The second-order valence-electron chi connectivity index (χ2n) is 8.43. The number of fused-ring (bicyclic) bond motifs is 1. The van der Waals surface area contributed by atoms with Gasteiger partial charge in [0.15, 0.2) is 0 Å². The predicted octanol–water partition coefficient (Wildman–Crippen LogP) is 3.12. The van der Waals surface area contributed by atoms with Gasteiger partial charge in [-0.15, -0.1) is 0 Å². The van der Waals surface area contributed by atoms with Gasteiger partial charge in [0.05, 0.1) is 6.54 Å². The lowest BCUT2D eigenvalue weighted by Crippen LogP contribution is -2.40. The van der Waals surface area contributed by atoms with Crippen LogP contribution in [0.4, 0.5) is 10.1 Å². The van der Waals surface area contributed by atoms with Crippen molar-refractivity contribution >= 4 is 17.5 Å². The monoisotopic (exact) mass is 440 g/mol. The van der Waals surface area contributed by atoms with Crippen LogP contribution in [0.1, 0.15) is 30.0 Å². The summed E-state index contributed by atoms with van der Waals surface area (Å²) < 4.78 is 14.2. The Hall–Kier alpha value is -2.93. The number of nitrogens with zero attached hydrogens (tertiary/aromatic N) is 3. The Morgan fingerprint density at radius 2 is 1.88 bits per heavy atom. The van der Waals surface area contributed by atoms with Crippen molar-refractivity contribution in [2.75, 3.05) is 45.6 Å². The molecule has 0 saturated carbocycles. The zero-order chi connectivity index (χ0) is 23.1. The van der Waals surface area contributed by atoms with E-state index in [9.17, 15) is 14.0 Å².